The van der Waals surface area contributed by atoms with Crippen molar-refractivity contribution in [2.75, 3.05) is 0 Å². The molecule has 4 fully saturated rings. The van der Waals surface area contributed by atoms with Gasteiger partial charge in [-0.25, -0.2) is 0 Å². The molecule has 5 rings (SSSR count). The topological polar surface area (TPSA) is 55.9 Å². The lowest BCUT2D eigenvalue weighted by molar-refractivity contribution is -0.159. The van der Waals surface area contributed by atoms with Crippen LogP contribution in [0.4, 0.5) is 0 Å². The molecule has 4 saturated carbocycles. The number of nitrogens with two attached hydrogens (primary N) is 1. The number of nitrogens with one attached hydrogen (secondary N) is 1. The molecule has 4 aliphatic carbocycles. The number of hydrazine groups is 1. The Morgan fingerprint density at radius 2 is 1.90 bits per heavy atom. The summed E-state index contributed by atoms with van der Waals surface area (Å²) in [4.78, 5) is 0. The molecule has 4 aliphatic rings. The van der Waals surface area contributed by atoms with Gasteiger partial charge >= 0.3 is 0 Å². The van der Waals surface area contributed by atoms with Gasteiger partial charge < -0.3 is 0 Å². The number of aromatic nitrogens is 2. The third-order valence-corrected chi connectivity index (χ3v) is 6.48. The van der Waals surface area contributed by atoms with Crippen LogP contribution >= 0.6 is 0 Å². The highest BCUT2D eigenvalue weighted by Gasteiger charge is 2.62. The fraction of sp³-hybridized carbons (Fsp3) is 0.824. The first kappa shape index (κ1) is 13.8. The minimum atomic E-state index is 0.195. The van der Waals surface area contributed by atoms with Crippen molar-refractivity contribution in [3.63, 3.8) is 0 Å². The summed E-state index contributed by atoms with van der Waals surface area (Å²) >= 11 is 0. The summed E-state index contributed by atoms with van der Waals surface area (Å²) in [6.45, 7) is 5.02. The van der Waals surface area contributed by atoms with E-state index in [2.05, 4.69) is 30.4 Å². The summed E-state index contributed by atoms with van der Waals surface area (Å²) in [6.07, 6.45) is 10.2. The predicted molar refractivity (Wildman–Crippen MR) is 83.1 cm³/mol. The summed E-state index contributed by atoms with van der Waals surface area (Å²) in [6, 6.07) is 2.33. The van der Waals surface area contributed by atoms with E-state index in [-0.39, 0.29) is 6.04 Å². The van der Waals surface area contributed by atoms with Crippen molar-refractivity contribution in [1.29, 1.82) is 0 Å². The summed E-state index contributed by atoms with van der Waals surface area (Å²) in [5.41, 5.74) is 5.59. The van der Waals surface area contributed by atoms with Gasteiger partial charge in [-0.15, -0.1) is 0 Å². The molecular formula is C17H28N4. The van der Waals surface area contributed by atoms with E-state index in [9.17, 15) is 0 Å². The molecule has 1 aromatic rings. The first-order chi connectivity index (χ1) is 9.85. The van der Waals surface area contributed by atoms with Crippen LogP contribution in [0.5, 0.6) is 0 Å². The molecule has 21 heavy (non-hydrogen) atoms. The SMILES string of the molecule is Cn1ccc(C(NN)C23CC4CC(C)(CC(C)(C4)C2)C3)n1. The van der Waals surface area contributed by atoms with Crippen molar-refractivity contribution in [3.05, 3.63) is 18.0 Å². The Labute approximate surface area is 127 Å². The minimum Gasteiger partial charge on any atom is -0.275 e. The van der Waals surface area contributed by atoms with E-state index < -0.39 is 0 Å². The Kier molecular flexibility index (Phi) is 2.69. The van der Waals surface area contributed by atoms with Crippen LogP contribution in [0.15, 0.2) is 12.3 Å². The van der Waals surface area contributed by atoms with E-state index in [1.807, 2.05) is 17.9 Å². The molecule has 4 nitrogen and oxygen atoms in total. The maximum atomic E-state index is 6.02. The number of hydrogen-bond donors (Lipinski definition) is 2. The zero-order valence-electron chi connectivity index (χ0n) is 13.5. The molecule has 0 saturated heterocycles. The van der Waals surface area contributed by atoms with Crippen LogP contribution in [0, 0.1) is 22.2 Å². The molecule has 3 N–H and O–H groups in total. The number of hydrogen-bond acceptors (Lipinski definition) is 3. The fourth-order valence-corrected chi connectivity index (χ4v) is 7.02. The van der Waals surface area contributed by atoms with Crippen molar-refractivity contribution in [1.82, 2.24) is 15.2 Å². The van der Waals surface area contributed by atoms with Gasteiger partial charge in [0.05, 0.1) is 11.7 Å². The lowest BCUT2D eigenvalue weighted by Crippen LogP contribution is -2.59. The average molecular weight is 288 g/mol. The molecule has 3 unspecified atom stereocenters. The van der Waals surface area contributed by atoms with Gasteiger partial charge in [-0.3, -0.25) is 16.0 Å². The van der Waals surface area contributed by atoms with E-state index in [0.29, 0.717) is 16.2 Å². The van der Waals surface area contributed by atoms with E-state index in [4.69, 9.17) is 5.84 Å². The Morgan fingerprint density at radius 1 is 1.24 bits per heavy atom. The second-order valence-electron chi connectivity index (χ2n) is 9.01. The number of rotatable bonds is 3. The standard InChI is InChI=1S/C17H28N4/c1-15-6-12-7-16(2,9-15)11-17(8-12,10-15)14(19-18)13-4-5-21(3)20-13/h4-5,12,14,19H,6-11,18H2,1-3H3. The van der Waals surface area contributed by atoms with Gasteiger partial charge in [0.2, 0.25) is 0 Å². The third kappa shape index (κ3) is 1.99. The van der Waals surface area contributed by atoms with Gasteiger partial charge in [0, 0.05) is 13.2 Å². The molecule has 0 spiro atoms. The van der Waals surface area contributed by atoms with Gasteiger partial charge in [-0.05, 0) is 66.8 Å². The van der Waals surface area contributed by atoms with Gasteiger partial charge in [0.1, 0.15) is 0 Å². The van der Waals surface area contributed by atoms with Crippen LogP contribution in [0.2, 0.25) is 0 Å². The Hall–Kier alpha value is -0.870. The summed E-state index contributed by atoms with van der Waals surface area (Å²) in [7, 11) is 1.99. The van der Waals surface area contributed by atoms with E-state index >= 15 is 0 Å². The van der Waals surface area contributed by atoms with Crippen LogP contribution in [0.1, 0.15) is 64.1 Å². The van der Waals surface area contributed by atoms with Crippen LogP contribution in [0.3, 0.4) is 0 Å². The molecule has 3 atom stereocenters. The maximum absolute atomic E-state index is 6.02. The first-order valence-corrected chi connectivity index (χ1v) is 8.31. The van der Waals surface area contributed by atoms with Gasteiger partial charge in [-0.1, -0.05) is 13.8 Å². The molecule has 1 heterocycles. The van der Waals surface area contributed by atoms with Crippen LogP contribution < -0.4 is 11.3 Å². The van der Waals surface area contributed by atoms with E-state index in [1.165, 1.54) is 38.5 Å². The number of aryl methyl sites for hydroxylation is 1. The van der Waals surface area contributed by atoms with Crippen molar-refractivity contribution >= 4 is 0 Å². The molecule has 4 heteroatoms. The molecule has 116 valence electrons. The zero-order valence-corrected chi connectivity index (χ0v) is 13.5. The third-order valence-electron chi connectivity index (χ3n) is 6.48. The lowest BCUT2D eigenvalue weighted by Gasteiger charge is -2.67. The monoisotopic (exact) mass is 288 g/mol. The summed E-state index contributed by atoms with van der Waals surface area (Å²) in [5, 5.41) is 4.66. The second kappa shape index (κ2) is 4.11. The largest absolute Gasteiger partial charge is 0.275 e. The number of nitrogens with zero attached hydrogens (tertiary/aromatic N) is 2. The molecule has 1 aromatic heterocycles. The minimum absolute atomic E-state index is 0.195. The van der Waals surface area contributed by atoms with Crippen LogP contribution in [0.25, 0.3) is 0 Å². The van der Waals surface area contributed by atoms with Gasteiger partial charge in [0.15, 0.2) is 0 Å². The summed E-state index contributed by atoms with van der Waals surface area (Å²) in [5.74, 6) is 6.91. The highest BCUT2D eigenvalue weighted by molar-refractivity contribution is 5.19. The Balaban J connectivity index is 1.75. The first-order valence-electron chi connectivity index (χ1n) is 8.31. The average Bonchev–Trinajstić information content (AvgIpc) is 2.71. The fourth-order valence-electron chi connectivity index (χ4n) is 7.02. The zero-order chi connectivity index (χ0) is 14.9. The molecule has 0 radical (unpaired) electrons. The van der Waals surface area contributed by atoms with Gasteiger partial charge in [-0.2, -0.15) is 5.10 Å². The van der Waals surface area contributed by atoms with E-state index in [1.54, 1.807) is 0 Å². The van der Waals surface area contributed by atoms with Crippen LogP contribution in [-0.4, -0.2) is 9.78 Å². The predicted octanol–water partition coefficient (Wildman–Crippen LogP) is 2.92. The van der Waals surface area contributed by atoms with Crippen molar-refractivity contribution in [3.8, 4) is 0 Å². The highest BCUT2D eigenvalue weighted by atomic mass is 15.3. The highest BCUT2D eigenvalue weighted by Crippen LogP contribution is 2.72. The molecule has 0 amide bonds. The quantitative estimate of drug-likeness (QED) is 0.664. The normalized spacial score (nSPS) is 46.0. The second-order valence-corrected chi connectivity index (χ2v) is 9.01. The Morgan fingerprint density at radius 3 is 2.38 bits per heavy atom. The molecular weight excluding hydrogens is 260 g/mol. The smallest absolute Gasteiger partial charge is 0.0813 e. The molecule has 0 aliphatic heterocycles. The molecule has 0 aromatic carbocycles. The van der Waals surface area contributed by atoms with Crippen LogP contribution in [-0.2, 0) is 7.05 Å². The summed E-state index contributed by atoms with van der Waals surface area (Å²) < 4.78 is 1.89. The van der Waals surface area contributed by atoms with E-state index in [0.717, 1.165) is 11.6 Å². The van der Waals surface area contributed by atoms with Crippen molar-refractivity contribution in [2.24, 2.45) is 35.1 Å². The van der Waals surface area contributed by atoms with Crippen molar-refractivity contribution in [2.45, 2.75) is 58.4 Å². The lowest BCUT2D eigenvalue weighted by atomic mass is 9.39. The van der Waals surface area contributed by atoms with Gasteiger partial charge in [0.25, 0.3) is 0 Å². The van der Waals surface area contributed by atoms with Crippen molar-refractivity contribution < 1.29 is 0 Å². The molecule has 4 bridgehead atoms. The Bertz CT molecular complexity index is 545. The maximum Gasteiger partial charge on any atom is 0.0813 e.